The topological polar surface area (TPSA) is 99.3 Å². The van der Waals surface area contributed by atoms with Crippen LogP contribution >= 0.6 is 12.2 Å². The maximum Gasteiger partial charge on any atom is 0.257 e. The van der Waals surface area contributed by atoms with E-state index >= 15 is 8.78 Å². The van der Waals surface area contributed by atoms with Crippen molar-refractivity contribution in [2.75, 3.05) is 38.2 Å². The first kappa shape index (κ1) is 23.5. The van der Waals surface area contributed by atoms with Gasteiger partial charge in [0.2, 0.25) is 5.91 Å². The monoisotopic (exact) mass is 487 g/mol. The van der Waals surface area contributed by atoms with Crippen molar-refractivity contribution in [3.63, 3.8) is 0 Å². The van der Waals surface area contributed by atoms with E-state index in [9.17, 15) is 4.79 Å². The molecule has 1 saturated heterocycles. The summed E-state index contributed by atoms with van der Waals surface area (Å²) in [5.74, 6) is -1.48. The van der Waals surface area contributed by atoms with Crippen molar-refractivity contribution in [2.24, 2.45) is 0 Å². The first-order chi connectivity index (χ1) is 16.5. The first-order valence-electron chi connectivity index (χ1n) is 10.6. The molecule has 2 N–H and O–H groups in total. The smallest absolute Gasteiger partial charge is 0.257 e. The van der Waals surface area contributed by atoms with Crippen LogP contribution in [0.25, 0.3) is 0 Å². The number of hydrogen-bond donors (Lipinski definition) is 2. The van der Waals surface area contributed by atoms with Crippen molar-refractivity contribution in [1.82, 2.24) is 30.6 Å². The summed E-state index contributed by atoms with van der Waals surface area (Å²) in [6.07, 6.45) is 4.98. The third kappa shape index (κ3) is 5.28. The molecule has 1 fully saturated rings. The fraction of sp³-hybridized carbons (Fsp3) is 0.318. The lowest BCUT2D eigenvalue weighted by Crippen LogP contribution is -2.49. The van der Waals surface area contributed by atoms with Crippen molar-refractivity contribution in [2.45, 2.75) is 12.5 Å². The minimum Gasteiger partial charge on any atom is -0.474 e. The van der Waals surface area contributed by atoms with Crippen molar-refractivity contribution in [3.05, 3.63) is 71.3 Å². The largest absolute Gasteiger partial charge is 0.474 e. The summed E-state index contributed by atoms with van der Waals surface area (Å²) in [5, 5.41) is 13.1. The zero-order chi connectivity index (χ0) is 24.1. The number of nitrogens with zero attached hydrogens (tertiary/aromatic N) is 5. The lowest BCUT2D eigenvalue weighted by atomic mass is 10.0. The third-order valence-corrected chi connectivity index (χ3v) is 5.86. The van der Waals surface area contributed by atoms with Crippen LogP contribution in [0.15, 0.2) is 42.9 Å². The minimum absolute atomic E-state index is 0.0421. The van der Waals surface area contributed by atoms with Crippen LogP contribution in [0.1, 0.15) is 22.9 Å². The van der Waals surface area contributed by atoms with E-state index in [0.717, 1.165) is 5.56 Å². The number of aromatic nitrogens is 4. The molecule has 1 atom stereocenters. The van der Waals surface area contributed by atoms with Crippen LogP contribution in [0.3, 0.4) is 0 Å². The molecule has 3 heterocycles. The highest BCUT2D eigenvalue weighted by atomic mass is 32.1. The molecule has 0 radical (unpaired) electrons. The van der Waals surface area contributed by atoms with Crippen molar-refractivity contribution < 1.29 is 18.3 Å². The summed E-state index contributed by atoms with van der Waals surface area (Å²) in [6, 6.07) is 5.34. The van der Waals surface area contributed by atoms with E-state index in [1.54, 1.807) is 28.3 Å². The standard InChI is InChI=1S/C22H23F2N7O2S/c1-33-22(34)27-20(18-13-26-29-28-18)15-10-16(23)21(17(24)11-15)31-7-5-30(6-8-31)19(32)9-14-3-2-4-25-12-14/h2-4,10-13,20H,5-9H2,1H3,(H,27,34)(H,26,28,29). The summed E-state index contributed by atoms with van der Waals surface area (Å²) >= 11 is 5.05. The number of methoxy groups -OCH3 is 1. The maximum absolute atomic E-state index is 15.2. The number of amides is 1. The number of carbonyl (C=O) groups excluding carboxylic acids is 1. The van der Waals surface area contributed by atoms with Crippen molar-refractivity contribution >= 4 is 29.0 Å². The van der Waals surface area contributed by atoms with E-state index < -0.39 is 17.7 Å². The van der Waals surface area contributed by atoms with Gasteiger partial charge in [0, 0.05) is 38.6 Å². The molecule has 0 aliphatic carbocycles. The number of anilines is 1. The SMILES string of the molecule is COC(=S)NC(c1cc(F)c(N2CCN(C(=O)Cc3cccnc3)CC2)c(F)c1)c1cn[nH]n1. The zero-order valence-corrected chi connectivity index (χ0v) is 19.2. The summed E-state index contributed by atoms with van der Waals surface area (Å²) in [6.45, 7) is 1.35. The molecule has 34 heavy (non-hydrogen) atoms. The number of H-pyrrole nitrogens is 1. The molecule has 0 bridgehead atoms. The molecule has 0 spiro atoms. The Kier molecular flexibility index (Phi) is 7.26. The first-order valence-corrected chi connectivity index (χ1v) is 11.0. The molecule has 1 aliphatic heterocycles. The number of pyridine rings is 1. The zero-order valence-electron chi connectivity index (χ0n) is 18.4. The molecule has 1 aromatic carbocycles. The molecule has 1 unspecified atom stereocenters. The maximum atomic E-state index is 15.2. The highest BCUT2D eigenvalue weighted by Crippen LogP contribution is 2.30. The number of carbonyl (C=O) groups is 1. The Bertz CT molecular complexity index is 1120. The average molecular weight is 488 g/mol. The molecule has 178 valence electrons. The number of thiocarbonyl (C=S) groups is 1. The fourth-order valence-corrected chi connectivity index (χ4v) is 3.99. The average Bonchev–Trinajstić information content (AvgIpc) is 3.37. The second kappa shape index (κ2) is 10.5. The highest BCUT2D eigenvalue weighted by Gasteiger charge is 2.27. The Balaban J connectivity index is 1.47. The highest BCUT2D eigenvalue weighted by molar-refractivity contribution is 7.80. The van der Waals surface area contributed by atoms with Gasteiger partial charge in [-0.15, -0.1) is 0 Å². The molecular formula is C22H23F2N7O2S. The summed E-state index contributed by atoms with van der Waals surface area (Å²) in [7, 11) is 1.39. The molecule has 1 amide bonds. The fourth-order valence-electron chi connectivity index (χ4n) is 3.88. The normalized spacial score (nSPS) is 14.6. The molecule has 9 nitrogen and oxygen atoms in total. The number of rotatable bonds is 6. The van der Waals surface area contributed by atoms with Gasteiger partial charge in [0.25, 0.3) is 5.17 Å². The van der Waals surface area contributed by atoms with E-state index in [4.69, 9.17) is 17.0 Å². The van der Waals surface area contributed by atoms with Gasteiger partial charge in [-0.1, -0.05) is 6.07 Å². The number of halogens is 2. The minimum atomic E-state index is -0.758. The predicted molar refractivity (Wildman–Crippen MR) is 124 cm³/mol. The van der Waals surface area contributed by atoms with Crippen molar-refractivity contribution in [1.29, 1.82) is 0 Å². The van der Waals surface area contributed by atoms with Crippen LogP contribution in [-0.4, -0.2) is 69.7 Å². The number of piperazine rings is 1. The Morgan fingerprint density at radius 3 is 2.56 bits per heavy atom. The van der Waals surface area contributed by atoms with Crippen molar-refractivity contribution in [3.8, 4) is 0 Å². The Morgan fingerprint density at radius 2 is 1.97 bits per heavy atom. The van der Waals surface area contributed by atoms with E-state index in [-0.39, 0.29) is 28.8 Å². The van der Waals surface area contributed by atoms with Gasteiger partial charge in [-0.3, -0.25) is 9.78 Å². The second-order valence-electron chi connectivity index (χ2n) is 7.70. The Labute approximate surface area is 200 Å². The van der Waals surface area contributed by atoms with Gasteiger partial charge < -0.3 is 19.9 Å². The van der Waals surface area contributed by atoms with E-state index in [1.807, 2.05) is 6.07 Å². The van der Waals surface area contributed by atoms with Gasteiger partial charge in [0.1, 0.15) is 29.1 Å². The molecule has 0 saturated carbocycles. The van der Waals surface area contributed by atoms with Crippen LogP contribution in [-0.2, 0) is 16.0 Å². The van der Waals surface area contributed by atoms with E-state index in [0.29, 0.717) is 31.9 Å². The summed E-state index contributed by atoms with van der Waals surface area (Å²) in [5.41, 5.74) is 1.37. The van der Waals surface area contributed by atoms with Crippen LogP contribution in [0, 0.1) is 11.6 Å². The predicted octanol–water partition coefficient (Wildman–Crippen LogP) is 1.98. The Morgan fingerprint density at radius 1 is 1.24 bits per heavy atom. The van der Waals surface area contributed by atoms with Gasteiger partial charge in [0.05, 0.1) is 19.7 Å². The van der Waals surface area contributed by atoms with Crippen LogP contribution in [0.2, 0.25) is 0 Å². The van der Waals surface area contributed by atoms with Crippen LogP contribution in [0.5, 0.6) is 0 Å². The lowest BCUT2D eigenvalue weighted by molar-refractivity contribution is -0.130. The summed E-state index contributed by atoms with van der Waals surface area (Å²) < 4.78 is 35.3. The molecule has 4 rings (SSSR count). The second-order valence-corrected chi connectivity index (χ2v) is 8.07. The van der Waals surface area contributed by atoms with Crippen LogP contribution < -0.4 is 10.2 Å². The third-order valence-electron chi connectivity index (χ3n) is 5.58. The molecule has 1 aliphatic rings. The van der Waals surface area contributed by atoms with Gasteiger partial charge in [-0.05, 0) is 41.5 Å². The Hall–Kier alpha value is -3.67. The van der Waals surface area contributed by atoms with Crippen LogP contribution in [0.4, 0.5) is 14.5 Å². The van der Waals surface area contributed by atoms with Gasteiger partial charge in [-0.25, -0.2) is 8.78 Å². The number of ether oxygens (including phenoxy) is 1. The molecular weight excluding hydrogens is 464 g/mol. The van der Waals surface area contributed by atoms with Gasteiger partial charge in [-0.2, -0.15) is 15.4 Å². The summed E-state index contributed by atoms with van der Waals surface area (Å²) in [4.78, 5) is 19.9. The number of hydrogen-bond acceptors (Lipinski definition) is 7. The molecule has 3 aromatic rings. The number of benzene rings is 1. The lowest BCUT2D eigenvalue weighted by Gasteiger charge is -2.36. The quantitative estimate of drug-likeness (QED) is 0.510. The molecule has 12 heteroatoms. The van der Waals surface area contributed by atoms with E-state index in [1.165, 1.54) is 25.4 Å². The van der Waals surface area contributed by atoms with Gasteiger partial charge >= 0.3 is 0 Å². The molecule has 2 aromatic heterocycles. The van der Waals surface area contributed by atoms with E-state index in [2.05, 4.69) is 25.7 Å². The number of nitrogens with one attached hydrogen (secondary N) is 2. The number of aromatic amines is 1. The van der Waals surface area contributed by atoms with Gasteiger partial charge in [0.15, 0.2) is 0 Å².